The zero-order valence-corrected chi connectivity index (χ0v) is 19.0. The second kappa shape index (κ2) is 15.2. The van der Waals surface area contributed by atoms with Crippen LogP contribution in [0.3, 0.4) is 0 Å². The van der Waals surface area contributed by atoms with Gasteiger partial charge in [0, 0.05) is 38.8 Å². The Hall–Kier alpha value is -0.0800. The molecule has 3 N–H and O–H groups in total. The van der Waals surface area contributed by atoms with E-state index in [1.807, 2.05) is 0 Å². The number of nitrogens with one attached hydrogen (secondary N) is 2. The number of rotatable bonds is 12. The molecule has 5 nitrogen and oxygen atoms in total. The van der Waals surface area contributed by atoms with Gasteiger partial charge in [-0.05, 0) is 52.0 Å². The molecule has 0 aliphatic heterocycles. The number of hydrogen-bond donors (Lipinski definition) is 3. The molecule has 0 aromatic carbocycles. The summed E-state index contributed by atoms with van der Waals surface area (Å²) >= 11 is 0. The van der Waals surface area contributed by atoms with Crippen LogP contribution >= 0.6 is 24.0 Å². The Bertz CT molecular complexity index is 322. The van der Waals surface area contributed by atoms with Gasteiger partial charge in [0.2, 0.25) is 0 Å². The van der Waals surface area contributed by atoms with Gasteiger partial charge in [0.15, 0.2) is 5.96 Å². The topological polar surface area (TPSA) is 59.9 Å². The van der Waals surface area contributed by atoms with E-state index in [0.717, 1.165) is 51.4 Å². The van der Waals surface area contributed by atoms with Gasteiger partial charge in [-0.3, -0.25) is 4.99 Å². The minimum absolute atomic E-state index is 0. The number of hydrogen-bond acceptors (Lipinski definition) is 3. The van der Waals surface area contributed by atoms with Crippen LogP contribution in [0.5, 0.6) is 0 Å². The summed E-state index contributed by atoms with van der Waals surface area (Å²) in [6.07, 6.45) is 4.08. The molecule has 1 unspecified atom stereocenters. The van der Waals surface area contributed by atoms with Crippen LogP contribution in [0.2, 0.25) is 0 Å². The molecular weight excluding hydrogens is 415 g/mol. The van der Waals surface area contributed by atoms with E-state index in [-0.39, 0.29) is 36.0 Å². The predicted molar refractivity (Wildman–Crippen MR) is 116 cm³/mol. The maximum absolute atomic E-state index is 9.33. The molecule has 1 atom stereocenters. The van der Waals surface area contributed by atoms with Crippen molar-refractivity contribution in [3.05, 3.63) is 0 Å². The maximum Gasteiger partial charge on any atom is 0.191 e. The average Bonchev–Trinajstić information content (AvgIpc) is 2.57. The van der Waals surface area contributed by atoms with Crippen molar-refractivity contribution in [2.24, 2.45) is 10.4 Å². The molecule has 0 heterocycles. The molecule has 0 aliphatic carbocycles. The number of likely N-dealkylation sites (N-methyl/N-ethyl adjacent to an activating group) is 1. The first-order valence-corrected chi connectivity index (χ1v) is 9.31. The molecule has 0 fully saturated rings. The van der Waals surface area contributed by atoms with Gasteiger partial charge in [0.05, 0.1) is 0 Å². The maximum atomic E-state index is 9.33. The fourth-order valence-corrected chi connectivity index (χ4v) is 2.61. The molecule has 0 radical (unpaired) electrons. The van der Waals surface area contributed by atoms with Crippen LogP contribution in [0.15, 0.2) is 4.99 Å². The first kappa shape index (κ1) is 26.2. The van der Waals surface area contributed by atoms with Gasteiger partial charge in [-0.2, -0.15) is 0 Å². The van der Waals surface area contributed by atoms with Crippen LogP contribution in [-0.2, 0) is 0 Å². The van der Waals surface area contributed by atoms with Gasteiger partial charge in [0.1, 0.15) is 0 Å². The Morgan fingerprint density at radius 1 is 1.17 bits per heavy atom. The molecular formula is C18H41IN4O. The molecule has 6 heteroatoms. The van der Waals surface area contributed by atoms with Gasteiger partial charge in [0.25, 0.3) is 0 Å². The van der Waals surface area contributed by atoms with Crippen molar-refractivity contribution in [2.75, 3.05) is 39.8 Å². The van der Waals surface area contributed by atoms with E-state index >= 15 is 0 Å². The van der Waals surface area contributed by atoms with Crippen molar-refractivity contribution in [1.82, 2.24) is 15.5 Å². The van der Waals surface area contributed by atoms with E-state index in [1.54, 1.807) is 0 Å². The van der Waals surface area contributed by atoms with Crippen molar-refractivity contribution in [3.8, 4) is 0 Å². The Kier molecular flexibility index (Phi) is 16.6. The Labute approximate surface area is 167 Å². The molecule has 0 saturated carbocycles. The van der Waals surface area contributed by atoms with Crippen LogP contribution in [0.4, 0.5) is 0 Å². The fraction of sp³-hybridized carbons (Fsp3) is 0.944. The molecule has 0 spiro atoms. The van der Waals surface area contributed by atoms with E-state index in [9.17, 15) is 5.11 Å². The van der Waals surface area contributed by atoms with Crippen LogP contribution in [-0.4, -0.2) is 61.8 Å². The number of aliphatic hydroxyl groups is 1. The van der Waals surface area contributed by atoms with Crippen LogP contribution in [0.25, 0.3) is 0 Å². The summed E-state index contributed by atoms with van der Waals surface area (Å²) in [4.78, 5) is 7.14. The molecule has 0 rings (SSSR count). The number of aliphatic imine (C=N–C) groups is 1. The molecule has 0 aliphatic rings. The third kappa shape index (κ3) is 10.0. The Morgan fingerprint density at radius 3 is 2.25 bits per heavy atom. The summed E-state index contributed by atoms with van der Waals surface area (Å²) in [5.74, 6) is 0.884. The molecule has 0 amide bonds. The van der Waals surface area contributed by atoms with Crippen molar-refractivity contribution in [3.63, 3.8) is 0 Å². The third-order valence-electron chi connectivity index (χ3n) is 5.16. The first-order valence-electron chi connectivity index (χ1n) is 9.31. The SMILES string of the molecule is CCNC(=NCC(CC)(CC)CCO)NCCN(C)C(C)CC.I. The lowest BCUT2D eigenvalue weighted by molar-refractivity contribution is 0.175. The van der Waals surface area contributed by atoms with Gasteiger partial charge in [-0.1, -0.05) is 20.8 Å². The molecule has 0 bridgehead atoms. The van der Waals surface area contributed by atoms with Crippen molar-refractivity contribution < 1.29 is 5.11 Å². The van der Waals surface area contributed by atoms with Crippen molar-refractivity contribution in [1.29, 1.82) is 0 Å². The monoisotopic (exact) mass is 456 g/mol. The van der Waals surface area contributed by atoms with Crippen LogP contribution in [0, 0.1) is 5.41 Å². The summed E-state index contributed by atoms with van der Waals surface area (Å²) in [7, 11) is 2.17. The Balaban J connectivity index is 0. The zero-order valence-electron chi connectivity index (χ0n) is 16.7. The van der Waals surface area contributed by atoms with Crippen molar-refractivity contribution in [2.45, 2.75) is 66.3 Å². The van der Waals surface area contributed by atoms with Gasteiger partial charge < -0.3 is 20.6 Å². The van der Waals surface area contributed by atoms with E-state index in [4.69, 9.17) is 4.99 Å². The zero-order chi connectivity index (χ0) is 17.7. The lowest BCUT2D eigenvalue weighted by atomic mass is 9.79. The summed E-state index contributed by atoms with van der Waals surface area (Å²) in [5.41, 5.74) is 0.116. The van der Waals surface area contributed by atoms with E-state index in [2.05, 4.69) is 57.2 Å². The highest BCUT2D eigenvalue weighted by Crippen LogP contribution is 2.30. The number of nitrogens with zero attached hydrogens (tertiary/aromatic N) is 2. The largest absolute Gasteiger partial charge is 0.396 e. The Morgan fingerprint density at radius 2 is 1.79 bits per heavy atom. The average molecular weight is 456 g/mol. The molecule has 146 valence electrons. The lowest BCUT2D eigenvalue weighted by Gasteiger charge is -2.29. The van der Waals surface area contributed by atoms with Crippen LogP contribution in [0.1, 0.15) is 60.3 Å². The highest BCUT2D eigenvalue weighted by molar-refractivity contribution is 14.0. The summed E-state index contributed by atoms with van der Waals surface area (Å²) in [6, 6.07) is 0.605. The van der Waals surface area contributed by atoms with E-state index in [1.165, 1.54) is 6.42 Å². The van der Waals surface area contributed by atoms with Crippen LogP contribution < -0.4 is 10.6 Å². The van der Waals surface area contributed by atoms with Gasteiger partial charge >= 0.3 is 0 Å². The fourth-order valence-electron chi connectivity index (χ4n) is 2.61. The predicted octanol–water partition coefficient (Wildman–Crippen LogP) is 3.08. The summed E-state index contributed by atoms with van der Waals surface area (Å²) < 4.78 is 0. The molecule has 24 heavy (non-hydrogen) atoms. The molecule has 0 saturated heterocycles. The minimum atomic E-state index is 0. The normalized spacial score (nSPS) is 13.6. The smallest absolute Gasteiger partial charge is 0.191 e. The van der Waals surface area contributed by atoms with E-state index in [0.29, 0.717) is 6.04 Å². The summed E-state index contributed by atoms with van der Waals surface area (Å²) in [5, 5.41) is 16.1. The quantitative estimate of drug-likeness (QED) is 0.240. The molecule has 0 aromatic rings. The third-order valence-corrected chi connectivity index (χ3v) is 5.16. The van der Waals surface area contributed by atoms with Crippen molar-refractivity contribution >= 4 is 29.9 Å². The number of halogens is 1. The second-order valence-corrected chi connectivity index (χ2v) is 6.54. The molecule has 0 aromatic heterocycles. The first-order chi connectivity index (χ1) is 11.0. The second-order valence-electron chi connectivity index (χ2n) is 6.54. The van der Waals surface area contributed by atoms with Gasteiger partial charge in [-0.25, -0.2) is 0 Å². The van der Waals surface area contributed by atoms with E-state index < -0.39 is 0 Å². The number of aliphatic hydroxyl groups excluding tert-OH is 1. The lowest BCUT2D eigenvalue weighted by Crippen LogP contribution is -2.43. The summed E-state index contributed by atoms with van der Waals surface area (Å²) in [6.45, 7) is 14.7. The highest BCUT2D eigenvalue weighted by atomic mass is 127. The van der Waals surface area contributed by atoms with Gasteiger partial charge in [-0.15, -0.1) is 24.0 Å². The number of guanidine groups is 1. The highest BCUT2D eigenvalue weighted by Gasteiger charge is 2.25. The standard InChI is InChI=1S/C18H40N4O.HI/c1-7-16(5)22(6)13-12-20-17(19-10-4)21-15-18(8-2,9-3)11-14-23;/h16,23H,7-15H2,1-6H3,(H2,19,20,21);1H. The minimum Gasteiger partial charge on any atom is -0.396 e.